The molecule has 2 fully saturated rings. The molecule has 0 saturated carbocycles. The average Bonchev–Trinajstić information content (AvgIpc) is 3.27. The first-order valence-electron chi connectivity index (χ1n) is 11.1. The van der Waals surface area contributed by atoms with E-state index < -0.39 is 0 Å². The fourth-order valence-electron chi connectivity index (χ4n) is 4.63. The Morgan fingerprint density at radius 2 is 1.87 bits per heavy atom. The van der Waals surface area contributed by atoms with Gasteiger partial charge in [0.05, 0.1) is 6.54 Å². The molecule has 1 aromatic heterocycles. The topological polar surface area (TPSA) is 62.9 Å². The van der Waals surface area contributed by atoms with Crippen LogP contribution in [0.4, 0.5) is 0 Å². The van der Waals surface area contributed by atoms with E-state index in [9.17, 15) is 9.59 Å². The highest BCUT2D eigenvalue weighted by molar-refractivity contribution is 5.99. The lowest BCUT2D eigenvalue weighted by molar-refractivity contribution is -0.134. The number of fused-ring (bicyclic) bond motifs is 1. The van der Waals surface area contributed by atoms with Crippen LogP contribution in [0.25, 0.3) is 10.9 Å². The summed E-state index contributed by atoms with van der Waals surface area (Å²) in [6.07, 6.45) is 9.73. The summed E-state index contributed by atoms with van der Waals surface area (Å²) in [5.41, 5.74) is 1.42. The van der Waals surface area contributed by atoms with Crippen molar-refractivity contribution in [2.45, 2.75) is 18.9 Å². The fourth-order valence-corrected chi connectivity index (χ4v) is 4.63. The van der Waals surface area contributed by atoms with Gasteiger partial charge in [0, 0.05) is 49.5 Å². The van der Waals surface area contributed by atoms with E-state index in [1.807, 2.05) is 29.3 Å². The van der Waals surface area contributed by atoms with Crippen molar-refractivity contribution >= 4 is 22.7 Å². The van der Waals surface area contributed by atoms with Gasteiger partial charge in [0.2, 0.25) is 5.91 Å². The van der Waals surface area contributed by atoms with Crippen LogP contribution in [0.15, 0.2) is 30.5 Å². The number of hydrogen-bond donors (Lipinski definition) is 1. The van der Waals surface area contributed by atoms with E-state index in [-0.39, 0.29) is 24.9 Å². The summed E-state index contributed by atoms with van der Waals surface area (Å²) in [6.45, 7) is 5.61. The van der Waals surface area contributed by atoms with Crippen LogP contribution in [-0.2, 0) is 4.79 Å². The minimum Gasteiger partial charge on any atom is -0.361 e. The van der Waals surface area contributed by atoms with Crippen molar-refractivity contribution in [2.75, 3.05) is 59.4 Å². The first-order chi connectivity index (χ1) is 15.0. The summed E-state index contributed by atoms with van der Waals surface area (Å²) in [5, 5.41) is 1.04. The van der Waals surface area contributed by atoms with Gasteiger partial charge in [-0.05, 0) is 56.6 Å². The Kier molecular flexibility index (Phi) is 6.59. The predicted molar refractivity (Wildman–Crippen MR) is 122 cm³/mol. The molecule has 0 atom stereocenters. The number of piperidine rings is 1. The molecule has 4 rings (SSSR count). The molecule has 164 valence electrons. The highest BCUT2D eigenvalue weighted by Crippen LogP contribution is 2.18. The summed E-state index contributed by atoms with van der Waals surface area (Å²) in [7, 11) is 2.17. The summed E-state index contributed by atoms with van der Waals surface area (Å²) >= 11 is 0. The minimum absolute atomic E-state index is 0.0139. The molecule has 2 saturated heterocycles. The zero-order valence-corrected chi connectivity index (χ0v) is 18.2. The largest absolute Gasteiger partial charge is 0.361 e. The lowest BCUT2D eigenvalue weighted by Crippen LogP contribution is -2.55. The smallest absolute Gasteiger partial charge is 0.255 e. The molecule has 31 heavy (non-hydrogen) atoms. The number of H-pyrrole nitrogens is 1. The average molecular weight is 422 g/mol. The maximum absolute atomic E-state index is 13.0. The number of amides is 2. The van der Waals surface area contributed by atoms with Gasteiger partial charge in [-0.3, -0.25) is 14.5 Å². The monoisotopic (exact) mass is 421 g/mol. The van der Waals surface area contributed by atoms with E-state index in [0.29, 0.717) is 24.7 Å². The van der Waals surface area contributed by atoms with Crippen LogP contribution in [0.5, 0.6) is 0 Å². The number of carbonyl (C=O) groups excluding carboxylic acids is 2. The van der Waals surface area contributed by atoms with Gasteiger partial charge in [-0.15, -0.1) is 6.42 Å². The van der Waals surface area contributed by atoms with E-state index >= 15 is 0 Å². The number of carbonyl (C=O) groups is 2. The molecule has 0 aliphatic carbocycles. The van der Waals surface area contributed by atoms with Crippen molar-refractivity contribution < 1.29 is 9.59 Å². The predicted octanol–water partition coefficient (Wildman–Crippen LogP) is 1.48. The molecule has 7 heteroatoms. The SMILES string of the molecule is C#CCN(CC(=O)N1CCN(C2CCN(C)CC2)CC1)C(=O)c1ccc2cc[nH]c2c1. The lowest BCUT2D eigenvalue weighted by atomic mass is 10.0. The van der Waals surface area contributed by atoms with Gasteiger partial charge in [0.1, 0.15) is 6.54 Å². The molecule has 1 N–H and O–H groups in total. The van der Waals surface area contributed by atoms with Crippen molar-refractivity contribution in [2.24, 2.45) is 0 Å². The van der Waals surface area contributed by atoms with E-state index in [0.717, 1.165) is 37.1 Å². The Bertz CT molecular complexity index is 962. The molecule has 2 amide bonds. The molecule has 7 nitrogen and oxygen atoms in total. The molecule has 1 aromatic carbocycles. The van der Waals surface area contributed by atoms with Crippen LogP contribution in [0.3, 0.4) is 0 Å². The van der Waals surface area contributed by atoms with Gasteiger partial charge >= 0.3 is 0 Å². The third-order valence-electron chi connectivity index (χ3n) is 6.57. The van der Waals surface area contributed by atoms with Crippen LogP contribution >= 0.6 is 0 Å². The highest BCUT2D eigenvalue weighted by Gasteiger charge is 2.29. The van der Waals surface area contributed by atoms with Crippen LogP contribution in [-0.4, -0.2) is 102 Å². The second kappa shape index (κ2) is 9.54. The van der Waals surface area contributed by atoms with Gasteiger partial charge in [-0.25, -0.2) is 0 Å². The Labute approximate surface area is 184 Å². The summed E-state index contributed by atoms with van der Waals surface area (Å²) in [6, 6.07) is 8.07. The summed E-state index contributed by atoms with van der Waals surface area (Å²) in [4.78, 5) is 37.3. The number of terminal acetylenes is 1. The zero-order valence-electron chi connectivity index (χ0n) is 18.2. The van der Waals surface area contributed by atoms with Crippen molar-refractivity contribution in [3.63, 3.8) is 0 Å². The van der Waals surface area contributed by atoms with E-state index in [1.165, 1.54) is 17.7 Å². The lowest BCUT2D eigenvalue weighted by Gasteiger charge is -2.42. The number of nitrogens with one attached hydrogen (secondary N) is 1. The quantitative estimate of drug-likeness (QED) is 0.743. The third-order valence-corrected chi connectivity index (χ3v) is 6.57. The van der Waals surface area contributed by atoms with E-state index in [4.69, 9.17) is 6.42 Å². The second-order valence-electron chi connectivity index (χ2n) is 8.60. The van der Waals surface area contributed by atoms with Gasteiger partial charge < -0.3 is 19.7 Å². The maximum atomic E-state index is 13.0. The van der Waals surface area contributed by atoms with Crippen LogP contribution in [0.2, 0.25) is 0 Å². The number of likely N-dealkylation sites (tertiary alicyclic amines) is 1. The first-order valence-corrected chi connectivity index (χ1v) is 11.1. The molecule has 0 unspecified atom stereocenters. The normalized spacial score (nSPS) is 18.8. The molecule has 2 aromatic rings. The number of hydrogen-bond acceptors (Lipinski definition) is 4. The maximum Gasteiger partial charge on any atom is 0.255 e. The van der Waals surface area contributed by atoms with E-state index in [1.54, 1.807) is 6.07 Å². The van der Waals surface area contributed by atoms with Crippen molar-refractivity contribution in [1.82, 2.24) is 24.6 Å². The molecule has 2 aliphatic rings. The number of benzene rings is 1. The molecule has 0 spiro atoms. The molecule has 0 radical (unpaired) electrons. The Morgan fingerprint density at radius 3 is 2.58 bits per heavy atom. The number of piperazine rings is 1. The Balaban J connectivity index is 1.34. The van der Waals surface area contributed by atoms with Gasteiger partial charge in [-0.1, -0.05) is 12.0 Å². The second-order valence-corrected chi connectivity index (χ2v) is 8.60. The minimum atomic E-state index is -0.215. The molecular weight excluding hydrogens is 390 g/mol. The first kappa shape index (κ1) is 21.4. The van der Waals surface area contributed by atoms with Gasteiger partial charge in [-0.2, -0.15) is 0 Å². The van der Waals surface area contributed by atoms with Crippen molar-refractivity contribution in [3.8, 4) is 12.3 Å². The highest BCUT2D eigenvalue weighted by atomic mass is 16.2. The Hall–Kier alpha value is -2.82. The molecule has 3 heterocycles. The fraction of sp³-hybridized carbons (Fsp3) is 0.500. The van der Waals surface area contributed by atoms with E-state index in [2.05, 4.69) is 27.8 Å². The van der Waals surface area contributed by atoms with Gasteiger partial charge in [0.25, 0.3) is 5.91 Å². The number of nitrogens with zero attached hydrogens (tertiary/aromatic N) is 4. The standard InChI is InChI=1S/C24H31N5O2/c1-3-10-29(24(31)20-5-4-19-6-9-25-22(19)17-20)18-23(30)28-15-13-27(14-16-28)21-7-11-26(2)12-8-21/h1,4-6,9,17,21,25H,7-8,10-16,18H2,2H3. The van der Waals surface area contributed by atoms with Crippen molar-refractivity contribution in [1.29, 1.82) is 0 Å². The van der Waals surface area contributed by atoms with Gasteiger partial charge in [0.15, 0.2) is 0 Å². The van der Waals surface area contributed by atoms with Crippen molar-refractivity contribution in [3.05, 3.63) is 36.0 Å². The molecule has 2 aliphatic heterocycles. The molecule has 0 bridgehead atoms. The van der Waals surface area contributed by atoms with Crippen LogP contribution < -0.4 is 0 Å². The number of aromatic nitrogens is 1. The zero-order chi connectivity index (χ0) is 21.8. The van der Waals surface area contributed by atoms with Crippen LogP contribution in [0, 0.1) is 12.3 Å². The summed E-state index contributed by atoms with van der Waals surface area (Å²) in [5.74, 6) is 2.28. The van der Waals surface area contributed by atoms with Crippen LogP contribution in [0.1, 0.15) is 23.2 Å². The summed E-state index contributed by atoms with van der Waals surface area (Å²) < 4.78 is 0. The number of aromatic amines is 1. The molecular formula is C24H31N5O2. The third kappa shape index (κ3) is 4.92. The number of rotatable bonds is 5. The Morgan fingerprint density at radius 1 is 1.13 bits per heavy atom.